The number of benzene rings is 1. The van der Waals surface area contributed by atoms with Crippen molar-refractivity contribution >= 4 is 33.2 Å². The average molecular weight is 326 g/mol. The molecule has 0 aliphatic carbocycles. The van der Waals surface area contributed by atoms with Gasteiger partial charge >= 0.3 is 0 Å². The lowest BCUT2D eigenvalue weighted by molar-refractivity contribution is 0.464. The maximum absolute atomic E-state index is 6.05. The first kappa shape index (κ1) is 11.4. The highest BCUT2D eigenvalue weighted by molar-refractivity contribution is 9.10. The molecule has 3 rings (SSSR count). The van der Waals surface area contributed by atoms with Crippen molar-refractivity contribution in [3.05, 3.63) is 46.4 Å². The topological polar surface area (TPSA) is 52.3 Å². The van der Waals surface area contributed by atoms with Gasteiger partial charge in [-0.05, 0) is 18.2 Å². The summed E-state index contributed by atoms with van der Waals surface area (Å²) in [5.74, 6) is 0.865. The van der Waals surface area contributed by atoms with Crippen LogP contribution in [0, 0.1) is 0 Å². The van der Waals surface area contributed by atoms with Gasteiger partial charge in [-0.3, -0.25) is 4.40 Å². The minimum Gasteiger partial charge on any atom is -0.434 e. The Kier molecular flexibility index (Phi) is 2.89. The first-order valence-electron chi connectivity index (χ1n) is 5.01. The summed E-state index contributed by atoms with van der Waals surface area (Å²) in [6.45, 7) is 0. The molecule has 7 heteroatoms. The number of hydrogen-bond donors (Lipinski definition) is 0. The van der Waals surface area contributed by atoms with Crippen LogP contribution in [-0.4, -0.2) is 19.6 Å². The predicted molar refractivity (Wildman–Crippen MR) is 70.0 cm³/mol. The molecule has 1 aromatic carbocycles. The van der Waals surface area contributed by atoms with Gasteiger partial charge in [-0.25, -0.2) is 4.98 Å². The molecule has 0 unspecified atom stereocenters. The lowest BCUT2D eigenvalue weighted by Gasteiger charge is -2.07. The smallest absolute Gasteiger partial charge is 0.265 e. The zero-order chi connectivity index (χ0) is 12.5. The molecule has 0 N–H and O–H groups in total. The fraction of sp³-hybridized carbons (Fsp3) is 0. The maximum Gasteiger partial charge on any atom is 0.265 e. The average Bonchev–Trinajstić information content (AvgIpc) is 2.83. The number of hydrogen-bond acceptors (Lipinski definition) is 4. The molecule has 0 aliphatic rings. The summed E-state index contributed by atoms with van der Waals surface area (Å²) in [6, 6.07) is 5.34. The normalized spacial score (nSPS) is 10.8. The number of halogens is 2. The van der Waals surface area contributed by atoms with Crippen LogP contribution < -0.4 is 4.74 Å². The lowest BCUT2D eigenvalue weighted by Crippen LogP contribution is -1.93. The highest BCUT2D eigenvalue weighted by Gasteiger charge is 2.10. The summed E-state index contributed by atoms with van der Waals surface area (Å²) in [4.78, 5) is 4.13. The number of aromatic nitrogens is 4. The van der Waals surface area contributed by atoms with Crippen LogP contribution in [0.1, 0.15) is 0 Å². The fourth-order valence-electron chi connectivity index (χ4n) is 1.47. The molecule has 0 saturated heterocycles. The van der Waals surface area contributed by atoms with Crippen LogP contribution in [0.3, 0.4) is 0 Å². The van der Waals surface area contributed by atoms with E-state index in [1.54, 1.807) is 35.3 Å². The molecule has 0 bridgehead atoms. The molecule has 0 amide bonds. The molecule has 5 nitrogen and oxygen atoms in total. The van der Waals surface area contributed by atoms with Crippen molar-refractivity contribution in [3.63, 3.8) is 0 Å². The SMILES string of the molecule is Clc1ccc(Br)cc1Oc1nccn2cnnc12. The zero-order valence-electron chi connectivity index (χ0n) is 8.92. The van der Waals surface area contributed by atoms with Crippen LogP contribution in [0.15, 0.2) is 41.4 Å². The molecule has 2 aromatic heterocycles. The van der Waals surface area contributed by atoms with Gasteiger partial charge in [-0.2, -0.15) is 0 Å². The van der Waals surface area contributed by atoms with Crippen molar-refractivity contribution in [2.24, 2.45) is 0 Å². The number of rotatable bonds is 2. The molecule has 0 aliphatic heterocycles. The van der Waals surface area contributed by atoms with E-state index < -0.39 is 0 Å². The van der Waals surface area contributed by atoms with Crippen LogP contribution in [0.2, 0.25) is 5.02 Å². The van der Waals surface area contributed by atoms with Crippen LogP contribution in [-0.2, 0) is 0 Å². The Labute approximate surface area is 116 Å². The van der Waals surface area contributed by atoms with Crippen molar-refractivity contribution in [2.75, 3.05) is 0 Å². The summed E-state index contributed by atoms with van der Waals surface area (Å²) in [7, 11) is 0. The van der Waals surface area contributed by atoms with Crippen molar-refractivity contribution in [3.8, 4) is 11.6 Å². The van der Waals surface area contributed by atoms with E-state index in [-0.39, 0.29) is 0 Å². The van der Waals surface area contributed by atoms with Gasteiger partial charge in [-0.15, -0.1) is 10.2 Å². The third-order valence-electron chi connectivity index (χ3n) is 2.28. The Morgan fingerprint density at radius 3 is 3.11 bits per heavy atom. The second-order valence-corrected chi connectivity index (χ2v) is 4.79. The molecule has 0 spiro atoms. The van der Waals surface area contributed by atoms with Gasteiger partial charge < -0.3 is 4.74 Å². The van der Waals surface area contributed by atoms with E-state index in [9.17, 15) is 0 Å². The van der Waals surface area contributed by atoms with Gasteiger partial charge in [-0.1, -0.05) is 27.5 Å². The van der Waals surface area contributed by atoms with Crippen molar-refractivity contribution in [2.45, 2.75) is 0 Å². The molecular formula is C11H6BrClN4O. The molecule has 2 heterocycles. The van der Waals surface area contributed by atoms with Gasteiger partial charge in [0.1, 0.15) is 12.1 Å². The molecule has 3 aromatic rings. The molecular weight excluding hydrogens is 320 g/mol. The largest absolute Gasteiger partial charge is 0.434 e. The highest BCUT2D eigenvalue weighted by atomic mass is 79.9. The van der Waals surface area contributed by atoms with Crippen LogP contribution in [0.4, 0.5) is 0 Å². The van der Waals surface area contributed by atoms with Crippen LogP contribution in [0.5, 0.6) is 11.6 Å². The Morgan fingerprint density at radius 1 is 1.33 bits per heavy atom. The molecule has 0 fully saturated rings. The Morgan fingerprint density at radius 2 is 2.22 bits per heavy atom. The van der Waals surface area contributed by atoms with E-state index in [2.05, 4.69) is 31.1 Å². The summed E-state index contributed by atoms with van der Waals surface area (Å²) >= 11 is 9.41. The van der Waals surface area contributed by atoms with Gasteiger partial charge in [0.2, 0.25) is 5.65 Å². The quantitative estimate of drug-likeness (QED) is 0.725. The van der Waals surface area contributed by atoms with Crippen molar-refractivity contribution < 1.29 is 4.74 Å². The summed E-state index contributed by atoms with van der Waals surface area (Å²) in [5.41, 5.74) is 0.536. The maximum atomic E-state index is 6.05. The van der Waals surface area contributed by atoms with E-state index in [4.69, 9.17) is 16.3 Å². The first-order chi connectivity index (χ1) is 8.74. The summed E-state index contributed by atoms with van der Waals surface area (Å²) in [5, 5.41) is 8.23. The molecule has 90 valence electrons. The van der Waals surface area contributed by atoms with Gasteiger partial charge in [0.15, 0.2) is 0 Å². The first-order valence-corrected chi connectivity index (χ1v) is 6.18. The van der Waals surface area contributed by atoms with E-state index in [0.717, 1.165) is 4.47 Å². The summed E-state index contributed by atoms with van der Waals surface area (Å²) in [6.07, 6.45) is 4.93. The third kappa shape index (κ3) is 2.04. The molecule has 0 saturated carbocycles. The zero-order valence-corrected chi connectivity index (χ0v) is 11.3. The second kappa shape index (κ2) is 4.55. The van der Waals surface area contributed by atoms with Gasteiger partial charge in [0.25, 0.3) is 5.88 Å². The van der Waals surface area contributed by atoms with Gasteiger partial charge in [0.05, 0.1) is 5.02 Å². The number of nitrogens with zero attached hydrogens (tertiary/aromatic N) is 4. The number of ether oxygens (including phenoxy) is 1. The van der Waals surface area contributed by atoms with Crippen molar-refractivity contribution in [1.82, 2.24) is 19.6 Å². The van der Waals surface area contributed by atoms with E-state index in [0.29, 0.717) is 22.3 Å². The minimum atomic E-state index is 0.356. The monoisotopic (exact) mass is 324 g/mol. The van der Waals surface area contributed by atoms with E-state index in [1.807, 2.05) is 6.07 Å². The van der Waals surface area contributed by atoms with Crippen LogP contribution in [0.25, 0.3) is 5.65 Å². The fourth-order valence-corrected chi connectivity index (χ4v) is 1.96. The molecule has 0 atom stereocenters. The Balaban J connectivity index is 2.06. The van der Waals surface area contributed by atoms with Crippen LogP contribution >= 0.6 is 27.5 Å². The Bertz CT molecular complexity index is 715. The van der Waals surface area contributed by atoms with Gasteiger partial charge in [0, 0.05) is 16.9 Å². The lowest BCUT2D eigenvalue weighted by atomic mass is 10.3. The third-order valence-corrected chi connectivity index (χ3v) is 3.09. The van der Waals surface area contributed by atoms with E-state index >= 15 is 0 Å². The second-order valence-electron chi connectivity index (χ2n) is 3.47. The predicted octanol–water partition coefficient (Wildman–Crippen LogP) is 3.33. The van der Waals surface area contributed by atoms with E-state index in [1.165, 1.54) is 0 Å². The highest BCUT2D eigenvalue weighted by Crippen LogP contribution is 2.32. The number of fused-ring (bicyclic) bond motifs is 1. The standard InChI is InChI=1S/C11H6BrClN4O/c12-7-1-2-8(13)9(5-7)18-11-10-16-15-6-17(10)4-3-14-11/h1-6H. The molecule has 0 radical (unpaired) electrons. The molecule has 18 heavy (non-hydrogen) atoms. The summed E-state index contributed by atoms with van der Waals surface area (Å²) < 4.78 is 8.25. The van der Waals surface area contributed by atoms with Crippen molar-refractivity contribution in [1.29, 1.82) is 0 Å². The minimum absolute atomic E-state index is 0.356. The Hall–Kier alpha value is -1.66.